The lowest BCUT2D eigenvalue weighted by Gasteiger charge is -2.34. The highest BCUT2D eigenvalue weighted by molar-refractivity contribution is 5.99. The molecule has 15 heteroatoms. The third kappa shape index (κ3) is 10.8. The van der Waals surface area contributed by atoms with Gasteiger partial charge in [0.05, 0.1) is 6.61 Å². The van der Waals surface area contributed by atoms with Crippen molar-refractivity contribution in [2.24, 2.45) is 17.8 Å². The Hall–Kier alpha value is -4.53. The van der Waals surface area contributed by atoms with Crippen LogP contribution >= 0.6 is 0 Å². The van der Waals surface area contributed by atoms with E-state index in [2.05, 4.69) is 26.6 Å². The first-order valence-corrected chi connectivity index (χ1v) is 20.0. The number of aliphatic hydroxyl groups is 1. The zero-order valence-electron chi connectivity index (χ0n) is 33.1. The van der Waals surface area contributed by atoms with Gasteiger partial charge in [0, 0.05) is 19.5 Å². The number of fused-ring (bicyclic) bond motifs is 2. The molecule has 55 heavy (non-hydrogen) atoms. The smallest absolute Gasteiger partial charge is 0.248 e. The molecule has 1 aromatic carbocycles. The number of nitrogens with one attached hydrogen (secondary N) is 5. The van der Waals surface area contributed by atoms with Crippen LogP contribution in [0.25, 0.3) is 0 Å². The fraction of sp³-hybridized carbons (Fsp3) is 0.675. The molecule has 0 aromatic heterocycles. The van der Waals surface area contributed by atoms with E-state index in [1.807, 2.05) is 40.7 Å². The Labute approximate surface area is 324 Å². The molecule has 7 amide bonds. The van der Waals surface area contributed by atoms with Gasteiger partial charge in [0.15, 0.2) is 0 Å². The number of benzene rings is 1. The van der Waals surface area contributed by atoms with Gasteiger partial charge >= 0.3 is 0 Å². The van der Waals surface area contributed by atoms with Crippen LogP contribution in [0.1, 0.15) is 92.1 Å². The summed E-state index contributed by atoms with van der Waals surface area (Å²) in [5.74, 6) is -4.82. The van der Waals surface area contributed by atoms with Crippen LogP contribution in [0.15, 0.2) is 30.3 Å². The van der Waals surface area contributed by atoms with Crippen LogP contribution in [0.4, 0.5) is 0 Å². The van der Waals surface area contributed by atoms with Gasteiger partial charge < -0.3 is 41.5 Å². The maximum Gasteiger partial charge on any atom is 0.248 e. The van der Waals surface area contributed by atoms with E-state index in [1.165, 1.54) is 9.80 Å². The average Bonchev–Trinajstić information content (AvgIpc) is 3.87. The van der Waals surface area contributed by atoms with E-state index in [9.17, 15) is 38.7 Å². The van der Waals surface area contributed by atoms with Gasteiger partial charge in [-0.2, -0.15) is 0 Å². The first-order valence-electron chi connectivity index (χ1n) is 20.0. The number of carbonyl (C=O) groups excluding carboxylic acids is 7. The Morgan fingerprint density at radius 3 is 1.67 bits per heavy atom. The number of aliphatic hydroxyl groups excluding tert-OH is 1. The van der Waals surface area contributed by atoms with E-state index in [-0.39, 0.29) is 43.7 Å². The van der Waals surface area contributed by atoms with Gasteiger partial charge in [0.1, 0.15) is 42.3 Å². The molecule has 6 N–H and O–H groups in total. The summed E-state index contributed by atoms with van der Waals surface area (Å²) in [7, 11) is 0. The maximum absolute atomic E-state index is 14.2. The average molecular weight is 768 g/mol. The van der Waals surface area contributed by atoms with E-state index in [1.54, 1.807) is 31.2 Å². The highest BCUT2D eigenvalue weighted by atomic mass is 16.3. The number of hydrogen-bond acceptors (Lipinski definition) is 8. The largest absolute Gasteiger partial charge is 0.394 e. The molecule has 1 aromatic rings. The Bertz CT molecular complexity index is 1540. The monoisotopic (exact) mass is 767 g/mol. The summed E-state index contributed by atoms with van der Waals surface area (Å²) in [5, 5.41) is 24.4. The Balaban J connectivity index is 1.77. The topological polar surface area (TPSA) is 206 Å². The van der Waals surface area contributed by atoms with E-state index in [4.69, 9.17) is 0 Å². The summed E-state index contributed by atoms with van der Waals surface area (Å²) in [6, 6.07) is 1.36. The van der Waals surface area contributed by atoms with Gasteiger partial charge in [-0.05, 0) is 55.4 Å². The molecule has 304 valence electrons. The highest BCUT2D eigenvalue weighted by Crippen LogP contribution is 2.24. The normalized spacial score (nSPS) is 28.9. The molecule has 9 atom stereocenters. The minimum atomic E-state index is -1.43. The van der Waals surface area contributed by atoms with Crippen molar-refractivity contribution in [1.29, 1.82) is 0 Å². The fourth-order valence-corrected chi connectivity index (χ4v) is 7.62. The molecule has 0 unspecified atom stereocenters. The lowest BCUT2D eigenvalue weighted by Crippen LogP contribution is -2.61. The Kier molecular flexibility index (Phi) is 15.6. The predicted octanol–water partition coefficient (Wildman–Crippen LogP) is 0.779. The van der Waals surface area contributed by atoms with Crippen molar-refractivity contribution in [1.82, 2.24) is 36.4 Å². The number of amides is 7. The zero-order chi connectivity index (χ0) is 40.4. The number of nitrogens with zero attached hydrogens (tertiary/aromatic N) is 2. The van der Waals surface area contributed by atoms with Gasteiger partial charge in [-0.1, -0.05) is 84.7 Å². The second kappa shape index (κ2) is 19.9. The molecule has 0 bridgehead atoms. The third-order valence-corrected chi connectivity index (χ3v) is 11.3. The molecule has 3 fully saturated rings. The summed E-state index contributed by atoms with van der Waals surface area (Å²) < 4.78 is 0. The van der Waals surface area contributed by atoms with Crippen molar-refractivity contribution in [3.63, 3.8) is 0 Å². The molecule has 3 aliphatic rings. The van der Waals surface area contributed by atoms with Crippen LogP contribution in [0.3, 0.4) is 0 Å². The first kappa shape index (κ1) is 43.2. The zero-order valence-corrected chi connectivity index (χ0v) is 33.1. The molecular formula is C40H61N7O8. The van der Waals surface area contributed by atoms with Crippen molar-refractivity contribution in [3.05, 3.63) is 35.9 Å². The van der Waals surface area contributed by atoms with Crippen LogP contribution in [0.5, 0.6) is 0 Å². The Morgan fingerprint density at radius 2 is 1.11 bits per heavy atom. The third-order valence-electron chi connectivity index (χ3n) is 11.3. The highest BCUT2D eigenvalue weighted by Gasteiger charge is 2.44. The second-order valence-corrected chi connectivity index (χ2v) is 15.8. The molecule has 3 aliphatic heterocycles. The van der Waals surface area contributed by atoms with Gasteiger partial charge in [0.25, 0.3) is 0 Å². The van der Waals surface area contributed by atoms with Crippen LogP contribution < -0.4 is 26.6 Å². The van der Waals surface area contributed by atoms with E-state index < -0.39 is 90.3 Å². The molecule has 3 saturated heterocycles. The van der Waals surface area contributed by atoms with E-state index >= 15 is 0 Å². The molecule has 3 heterocycles. The summed E-state index contributed by atoms with van der Waals surface area (Å²) in [6.45, 7) is 10.9. The van der Waals surface area contributed by atoms with Crippen molar-refractivity contribution < 1.29 is 38.7 Å². The Morgan fingerprint density at radius 1 is 0.618 bits per heavy atom. The predicted molar refractivity (Wildman–Crippen MR) is 205 cm³/mol. The molecule has 0 spiro atoms. The molecule has 0 radical (unpaired) electrons. The minimum absolute atomic E-state index is 0.0241. The lowest BCUT2D eigenvalue weighted by molar-refractivity contribution is -0.145. The van der Waals surface area contributed by atoms with Crippen molar-refractivity contribution in [2.75, 3.05) is 19.7 Å². The van der Waals surface area contributed by atoms with Crippen molar-refractivity contribution in [2.45, 2.75) is 135 Å². The lowest BCUT2D eigenvalue weighted by atomic mass is 9.95. The first-order chi connectivity index (χ1) is 26.2. The van der Waals surface area contributed by atoms with E-state index in [0.29, 0.717) is 44.1 Å². The fourth-order valence-electron chi connectivity index (χ4n) is 7.62. The molecule has 4 rings (SSSR count). The van der Waals surface area contributed by atoms with Crippen molar-refractivity contribution in [3.8, 4) is 0 Å². The summed E-state index contributed by atoms with van der Waals surface area (Å²) in [6.07, 6.45) is 3.03. The van der Waals surface area contributed by atoms with Gasteiger partial charge in [0.2, 0.25) is 41.4 Å². The molecular weight excluding hydrogens is 706 g/mol. The van der Waals surface area contributed by atoms with Gasteiger partial charge in [-0.25, -0.2) is 0 Å². The number of hydrogen-bond donors (Lipinski definition) is 6. The quantitative estimate of drug-likeness (QED) is 0.211. The van der Waals surface area contributed by atoms with Gasteiger partial charge in [-0.15, -0.1) is 0 Å². The standard InChI is InChI=1S/C40H61N7O8/c1-7-24(5)32-38(53)42-28(21-26-14-10-9-11-15-26)34(49)43-29(22-48)39(54)46-18-12-17-31(46)37(52)45-33(25(6)8-2)40(55)47-19-13-16-30(47)36(51)41-27(20-23(3)4)35(50)44-32/h9-11,14-15,23-25,27-33,48H,7-8,12-13,16-22H2,1-6H3,(H,41,51)(H,42,53)(H,43,49)(H,44,50)(H,45,52)/t24-,25-,27+,28-,29-,30-,31-,32-,33-/m0/s1. The number of rotatable bonds is 9. The van der Waals surface area contributed by atoms with Gasteiger partial charge in [-0.3, -0.25) is 33.6 Å². The summed E-state index contributed by atoms with van der Waals surface area (Å²) in [4.78, 5) is 101. The molecule has 0 aliphatic carbocycles. The van der Waals surface area contributed by atoms with Crippen LogP contribution in [-0.2, 0) is 40.0 Å². The molecule has 0 saturated carbocycles. The second-order valence-electron chi connectivity index (χ2n) is 15.8. The minimum Gasteiger partial charge on any atom is -0.394 e. The van der Waals surface area contributed by atoms with Crippen LogP contribution in [0, 0.1) is 17.8 Å². The summed E-state index contributed by atoms with van der Waals surface area (Å²) in [5.41, 5.74) is 0.715. The number of carbonyl (C=O) groups is 7. The summed E-state index contributed by atoms with van der Waals surface area (Å²) >= 11 is 0. The van der Waals surface area contributed by atoms with Crippen LogP contribution in [-0.4, -0.2) is 118 Å². The van der Waals surface area contributed by atoms with Crippen molar-refractivity contribution >= 4 is 41.4 Å². The molecule has 15 nitrogen and oxygen atoms in total. The SMILES string of the molecule is CC[C@H](C)[C@@H]1NC(=O)[C@@H](CC(C)C)NC(=O)[C@@H]2CCCN2C(=O)[C@H]([C@@H](C)CC)NC(=O)[C@@H]2CCCN2C(=O)[C@H](CO)NC(=O)[C@H](Cc2ccccc2)NC1=O. The van der Waals surface area contributed by atoms with E-state index in [0.717, 1.165) is 0 Å². The maximum atomic E-state index is 14.2. The van der Waals surface area contributed by atoms with Crippen LogP contribution in [0.2, 0.25) is 0 Å².